The molecule has 0 saturated heterocycles. The van der Waals surface area contributed by atoms with Gasteiger partial charge in [0.05, 0.1) is 23.6 Å². The summed E-state index contributed by atoms with van der Waals surface area (Å²) in [5.74, 6) is -1.24. The van der Waals surface area contributed by atoms with Crippen molar-refractivity contribution in [3.05, 3.63) is 68.8 Å². The summed E-state index contributed by atoms with van der Waals surface area (Å²) < 4.78 is 6.03. The van der Waals surface area contributed by atoms with Crippen LogP contribution in [0.3, 0.4) is 0 Å². The van der Waals surface area contributed by atoms with Gasteiger partial charge >= 0.3 is 5.97 Å². The molecule has 1 saturated carbocycles. The Hall–Kier alpha value is -3.29. The number of aryl methyl sites for hydroxylation is 1. The standard InChI is InChI=1S/C21H23N3O5/c1-14-8-9-23(19(10-14)22-17-6-4-3-5-7-17)20(25)15-11-16(21(26)29-2)13-18(12-15)24(27)28/h8-13,17H,3-7H2,1-2H3. The summed E-state index contributed by atoms with van der Waals surface area (Å²) in [6, 6.07) is 7.31. The third-order valence-corrected chi connectivity index (χ3v) is 5.00. The number of nitro benzene ring substituents is 1. The molecule has 0 amide bonds. The Labute approximate surface area is 168 Å². The Morgan fingerprint density at radius 1 is 1.14 bits per heavy atom. The Kier molecular flexibility index (Phi) is 6.21. The van der Waals surface area contributed by atoms with Crippen LogP contribution < -0.4 is 5.49 Å². The second-order valence-electron chi connectivity index (χ2n) is 7.18. The number of pyridine rings is 1. The van der Waals surface area contributed by atoms with Gasteiger partial charge in [-0.1, -0.05) is 19.3 Å². The molecule has 1 aromatic heterocycles. The molecule has 8 nitrogen and oxygen atoms in total. The average molecular weight is 397 g/mol. The monoisotopic (exact) mass is 397 g/mol. The highest BCUT2D eigenvalue weighted by atomic mass is 16.6. The van der Waals surface area contributed by atoms with Gasteiger partial charge in [0, 0.05) is 23.9 Å². The Bertz CT molecular complexity index is 1020. The molecule has 2 aromatic rings. The van der Waals surface area contributed by atoms with Crippen molar-refractivity contribution < 1.29 is 19.2 Å². The van der Waals surface area contributed by atoms with Crippen LogP contribution in [-0.2, 0) is 4.74 Å². The van der Waals surface area contributed by atoms with E-state index in [-0.39, 0.29) is 22.9 Å². The fourth-order valence-corrected chi connectivity index (χ4v) is 3.47. The summed E-state index contributed by atoms with van der Waals surface area (Å²) in [6.07, 6.45) is 6.98. The van der Waals surface area contributed by atoms with Crippen LogP contribution in [0.4, 0.5) is 5.69 Å². The van der Waals surface area contributed by atoms with E-state index in [1.54, 1.807) is 12.3 Å². The molecule has 152 valence electrons. The zero-order valence-electron chi connectivity index (χ0n) is 16.5. The topological polar surface area (TPSA) is 104 Å². The zero-order valence-corrected chi connectivity index (χ0v) is 16.5. The van der Waals surface area contributed by atoms with Crippen LogP contribution in [0, 0.1) is 17.0 Å². The van der Waals surface area contributed by atoms with Crippen LogP contribution in [0.2, 0.25) is 0 Å². The van der Waals surface area contributed by atoms with Gasteiger partial charge < -0.3 is 4.74 Å². The number of non-ortho nitro benzene ring substituents is 1. The normalized spacial score (nSPS) is 15.2. The van der Waals surface area contributed by atoms with E-state index in [4.69, 9.17) is 4.99 Å². The largest absolute Gasteiger partial charge is 0.465 e. The van der Waals surface area contributed by atoms with E-state index in [2.05, 4.69) is 4.74 Å². The van der Waals surface area contributed by atoms with Crippen LogP contribution in [0.5, 0.6) is 0 Å². The molecule has 8 heteroatoms. The number of nitro groups is 1. The number of esters is 1. The van der Waals surface area contributed by atoms with E-state index in [1.807, 2.05) is 13.0 Å². The lowest BCUT2D eigenvalue weighted by molar-refractivity contribution is -0.384. The van der Waals surface area contributed by atoms with Gasteiger partial charge in [-0.15, -0.1) is 0 Å². The predicted molar refractivity (Wildman–Crippen MR) is 106 cm³/mol. The lowest BCUT2D eigenvalue weighted by Gasteiger charge is -2.18. The summed E-state index contributed by atoms with van der Waals surface area (Å²) in [7, 11) is 1.18. The third kappa shape index (κ3) is 4.77. The van der Waals surface area contributed by atoms with Crippen LogP contribution in [0.1, 0.15) is 58.4 Å². The molecule has 0 unspecified atom stereocenters. The number of benzene rings is 1. The van der Waals surface area contributed by atoms with Crippen molar-refractivity contribution in [2.45, 2.75) is 45.1 Å². The number of methoxy groups -OCH3 is 1. The molecule has 0 spiro atoms. The number of carbonyl (C=O) groups excluding carboxylic acids is 2. The van der Waals surface area contributed by atoms with Crippen LogP contribution in [0.15, 0.2) is 41.5 Å². The van der Waals surface area contributed by atoms with Crippen molar-refractivity contribution in [2.24, 2.45) is 4.99 Å². The highest BCUT2D eigenvalue weighted by molar-refractivity contribution is 6.00. The summed E-state index contributed by atoms with van der Waals surface area (Å²) in [5.41, 5.74) is 1.08. The van der Waals surface area contributed by atoms with Crippen LogP contribution in [0.25, 0.3) is 0 Å². The second-order valence-corrected chi connectivity index (χ2v) is 7.18. The number of hydrogen-bond acceptors (Lipinski definition) is 6. The fraction of sp³-hybridized carbons (Fsp3) is 0.381. The maximum Gasteiger partial charge on any atom is 0.338 e. The van der Waals surface area contributed by atoms with Gasteiger partial charge in [0.15, 0.2) is 0 Å². The Morgan fingerprint density at radius 2 is 1.83 bits per heavy atom. The lowest BCUT2D eigenvalue weighted by atomic mass is 9.96. The van der Waals surface area contributed by atoms with E-state index in [0.717, 1.165) is 43.4 Å². The van der Waals surface area contributed by atoms with Crippen LogP contribution in [-0.4, -0.2) is 34.5 Å². The summed E-state index contributed by atoms with van der Waals surface area (Å²) in [5, 5.41) is 11.3. The van der Waals surface area contributed by atoms with Gasteiger partial charge in [0.1, 0.15) is 5.49 Å². The first kappa shape index (κ1) is 20.4. The third-order valence-electron chi connectivity index (χ3n) is 5.00. The first-order chi connectivity index (χ1) is 13.9. The van der Waals surface area contributed by atoms with E-state index in [0.29, 0.717) is 5.49 Å². The van der Waals surface area contributed by atoms with Gasteiger partial charge in [-0.3, -0.25) is 24.5 Å². The number of nitrogens with zero attached hydrogens (tertiary/aromatic N) is 3. The van der Waals surface area contributed by atoms with E-state index >= 15 is 0 Å². The Balaban J connectivity index is 2.09. The van der Waals surface area contributed by atoms with Gasteiger partial charge in [-0.2, -0.15) is 0 Å². The average Bonchev–Trinajstić information content (AvgIpc) is 2.73. The smallest absolute Gasteiger partial charge is 0.338 e. The Morgan fingerprint density at radius 3 is 2.48 bits per heavy atom. The zero-order chi connectivity index (χ0) is 21.0. The lowest BCUT2D eigenvalue weighted by Crippen LogP contribution is -2.30. The predicted octanol–water partition coefficient (Wildman–Crippen LogP) is 3.41. The molecule has 1 aliphatic carbocycles. The quantitative estimate of drug-likeness (QED) is 0.447. The minimum Gasteiger partial charge on any atom is -0.465 e. The van der Waals surface area contributed by atoms with Crippen molar-refractivity contribution in [2.75, 3.05) is 7.11 Å². The van der Waals surface area contributed by atoms with Gasteiger partial charge in [-0.05, 0) is 43.5 Å². The molecular formula is C21H23N3O5. The van der Waals surface area contributed by atoms with Crippen LogP contribution >= 0.6 is 0 Å². The van der Waals surface area contributed by atoms with E-state index in [9.17, 15) is 19.7 Å². The second kappa shape index (κ2) is 8.81. The molecule has 1 fully saturated rings. The van der Waals surface area contributed by atoms with Crippen molar-refractivity contribution in [1.29, 1.82) is 0 Å². The first-order valence-electron chi connectivity index (χ1n) is 9.54. The highest BCUT2D eigenvalue weighted by Gasteiger charge is 2.20. The molecule has 1 aliphatic rings. The van der Waals surface area contributed by atoms with Crippen molar-refractivity contribution in [3.8, 4) is 0 Å². The van der Waals surface area contributed by atoms with Gasteiger partial charge in [0.2, 0.25) is 0 Å². The molecule has 0 aliphatic heterocycles. The van der Waals surface area contributed by atoms with Crippen molar-refractivity contribution in [3.63, 3.8) is 0 Å². The van der Waals surface area contributed by atoms with Gasteiger partial charge in [-0.25, -0.2) is 4.79 Å². The van der Waals surface area contributed by atoms with Gasteiger partial charge in [0.25, 0.3) is 11.6 Å². The number of rotatable bonds is 4. The molecule has 3 rings (SSSR count). The number of ether oxygens (including phenoxy) is 1. The summed E-state index contributed by atoms with van der Waals surface area (Å²) in [4.78, 5) is 40.5. The molecule has 0 radical (unpaired) electrons. The molecule has 29 heavy (non-hydrogen) atoms. The highest BCUT2D eigenvalue weighted by Crippen LogP contribution is 2.21. The molecule has 1 aromatic carbocycles. The maximum absolute atomic E-state index is 13.2. The fourth-order valence-electron chi connectivity index (χ4n) is 3.47. The summed E-state index contributed by atoms with van der Waals surface area (Å²) in [6.45, 7) is 1.91. The molecular weight excluding hydrogens is 374 g/mol. The number of aromatic nitrogens is 1. The number of carbonyl (C=O) groups is 2. The van der Waals surface area contributed by atoms with Crippen molar-refractivity contribution in [1.82, 2.24) is 4.57 Å². The molecule has 0 N–H and O–H groups in total. The van der Waals surface area contributed by atoms with Crippen molar-refractivity contribution >= 4 is 17.6 Å². The van der Waals surface area contributed by atoms with E-state index in [1.165, 1.54) is 24.2 Å². The summed E-state index contributed by atoms with van der Waals surface area (Å²) >= 11 is 0. The minimum absolute atomic E-state index is 0.0218. The SMILES string of the molecule is COC(=O)c1cc(C(=O)n2ccc(C)cc2=NC2CCCCC2)cc([N+](=O)[O-])c1. The first-order valence-corrected chi connectivity index (χ1v) is 9.54. The molecule has 1 heterocycles. The minimum atomic E-state index is -0.747. The van der Waals surface area contributed by atoms with E-state index < -0.39 is 16.8 Å². The molecule has 0 bridgehead atoms. The number of hydrogen-bond donors (Lipinski definition) is 0. The molecule has 0 atom stereocenters. The maximum atomic E-state index is 13.2.